The van der Waals surface area contributed by atoms with E-state index in [2.05, 4.69) is 36.2 Å². The summed E-state index contributed by atoms with van der Waals surface area (Å²) in [5.41, 5.74) is 0.423. The van der Waals surface area contributed by atoms with E-state index in [1.807, 2.05) is 0 Å². The molecule has 1 aromatic rings. The third kappa shape index (κ3) is 3.95. The summed E-state index contributed by atoms with van der Waals surface area (Å²) in [5.74, 6) is 0.541. The van der Waals surface area contributed by atoms with Gasteiger partial charge in [0.25, 0.3) is 5.91 Å². The lowest BCUT2D eigenvalue weighted by atomic mass is 9.75. The Morgan fingerprint density at radius 3 is 2.90 bits per heavy atom. The van der Waals surface area contributed by atoms with Crippen LogP contribution in [0, 0.1) is 5.92 Å². The first-order valence-corrected chi connectivity index (χ1v) is 7.89. The predicted molar refractivity (Wildman–Crippen MR) is 85.6 cm³/mol. The fraction of sp³-hybridized carbons (Fsp3) is 0.625. The maximum absolute atomic E-state index is 12.2. The third-order valence-corrected chi connectivity index (χ3v) is 4.75. The van der Waals surface area contributed by atoms with Crippen LogP contribution >= 0.6 is 11.6 Å². The molecule has 5 heteroatoms. The third-order valence-electron chi connectivity index (χ3n) is 4.54. The molecule has 1 amide bonds. The van der Waals surface area contributed by atoms with Crippen LogP contribution in [0.1, 0.15) is 43.1 Å². The Kier molecular flexibility index (Phi) is 5.22. The molecule has 0 saturated heterocycles. The lowest BCUT2D eigenvalue weighted by molar-refractivity contribution is 0.0673. The number of pyridine rings is 1. The van der Waals surface area contributed by atoms with Gasteiger partial charge in [-0.25, -0.2) is 4.98 Å². The highest BCUT2D eigenvalue weighted by atomic mass is 35.5. The molecule has 1 saturated carbocycles. The highest BCUT2D eigenvalue weighted by Crippen LogP contribution is 2.35. The van der Waals surface area contributed by atoms with Crippen LogP contribution in [0.25, 0.3) is 0 Å². The highest BCUT2D eigenvalue weighted by molar-refractivity contribution is 6.29. The Morgan fingerprint density at radius 1 is 1.52 bits per heavy atom. The molecule has 0 aliphatic heterocycles. The normalized spacial score (nSPS) is 25.9. The molecule has 2 atom stereocenters. The van der Waals surface area contributed by atoms with Gasteiger partial charge in [-0.3, -0.25) is 4.79 Å². The van der Waals surface area contributed by atoms with E-state index in [4.69, 9.17) is 11.6 Å². The minimum atomic E-state index is -0.156. The minimum absolute atomic E-state index is 0.0475. The first kappa shape index (κ1) is 16.2. The van der Waals surface area contributed by atoms with Crippen LogP contribution in [0.2, 0.25) is 5.15 Å². The van der Waals surface area contributed by atoms with E-state index in [-0.39, 0.29) is 11.4 Å². The number of amides is 1. The summed E-state index contributed by atoms with van der Waals surface area (Å²) in [6.07, 6.45) is 4.72. The lowest BCUT2D eigenvalue weighted by Crippen LogP contribution is -2.55. The Labute approximate surface area is 131 Å². The van der Waals surface area contributed by atoms with Crippen molar-refractivity contribution in [2.75, 3.05) is 20.6 Å². The zero-order valence-corrected chi connectivity index (χ0v) is 13.8. The molecule has 1 aromatic heterocycles. The molecule has 116 valence electrons. The van der Waals surface area contributed by atoms with Crippen molar-refractivity contribution in [3.05, 3.63) is 29.0 Å². The van der Waals surface area contributed by atoms with Crippen LogP contribution < -0.4 is 5.32 Å². The Morgan fingerprint density at radius 2 is 2.29 bits per heavy atom. The summed E-state index contributed by atoms with van der Waals surface area (Å²) >= 11 is 5.84. The number of hydrogen-bond donors (Lipinski definition) is 1. The van der Waals surface area contributed by atoms with Gasteiger partial charge in [0.05, 0.1) is 0 Å². The van der Waals surface area contributed by atoms with Gasteiger partial charge in [-0.05, 0) is 45.0 Å². The molecule has 4 nitrogen and oxygen atoms in total. The molecule has 0 spiro atoms. The van der Waals surface area contributed by atoms with Crippen LogP contribution in [-0.2, 0) is 0 Å². The molecule has 0 aromatic carbocycles. The van der Waals surface area contributed by atoms with Gasteiger partial charge in [-0.1, -0.05) is 37.4 Å². The summed E-state index contributed by atoms with van der Waals surface area (Å²) in [7, 11) is 4.20. The molecular weight excluding hydrogens is 286 g/mol. The van der Waals surface area contributed by atoms with E-state index >= 15 is 0 Å². The second-order valence-corrected chi connectivity index (χ2v) is 6.74. The van der Waals surface area contributed by atoms with Crippen LogP contribution in [-0.4, -0.2) is 42.0 Å². The molecule has 0 bridgehead atoms. The number of likely N-dealkylation sites (N-methyl/N-ethyl adjacent to an activating group) is 1. The molecule has 0 radical (unpaired) electrons. The van der Waals surface area contributed by atoms with Gasteiger partial charge in [0, 0.05) is 12.1 Å². The van der Waals surface area contributed by atoms with E-state index in [0.717, 1.165) is 12.8 Å². The van der Waals surface area contributed by atoms with E-state index in [9.17, 15) is 4.79 Å². The SMILES string of the molecule is CC1CCCC(CNC(=O)c2cccc(Cl)n2)(N(C)C)C1. The second-order valence-electron chi connectivity index (χ2n) is 6.35. The van der Waals surface area contributed by atoms with Crippen molar-refractivity contribution in [3.63, 3.8) is 0 Å². The number of nitrogens with zero attached hydrogens (tertiary/aromatic N) is 2. The number of aromatic nitrogens is 1. The van der Waals surface area contributed by atoms with Gasteiger partial charge in [0.15, 0.2) is 0 Å². The zero-order valence-electron chi connectivity index (χ0n) is 13.0. The molecule has 1 aliphatic rings. The van der Waals surface area contributed by atoms with Gasteiger partial charge < -0.3 is 10.2 Å². The molecule has 2 unspecified atom stereocenters. The molecule has 1 fully saturated rings. The van der Waals surface area contributed by atoms with Crippen LogP contribution in [0.4, 0.5) is 0 Å². The van der Waals surface area contributed by atoms with Gasteiger partial charge in [0.2, 0.25) is 0 Å². The second kappa shape index (κ2) is 6.75. The maximum atomic E-state index is 12.2. The van der Waals surface area contributed by atoms with E-state index in [0.29, 0.717) is 23.3 Å². The first-order chi connectivity index (χ1) is 9.93. The Balaban J connectivity index is 2.03. The van der Waals surface area contributed by atoms with Gasteiger partial charge >= 0.3 is 0 Å². The van der Waals surface area contributed by atoms with Crippen molar-refractivity contribution in [3.8, 4) is 0 Å². The number of nitrogens with one attached hydrogen (secondary N) is 1. The molecule has 1 N–H and O–H groups in total. The van der Waals surface area contributed by atoms with E-state index in [1.54, 1.807) is 18.2 Å². The predicted octanol–water partition coefficient (Wildman–Crippen LogP) is 2.98. The lowest BCUT2D eigenvalue weighted by Gasteiger charge is -2.45. The molecule has 1 aliphatic carbocycles. The molecule has 21 heavy (non-hydrogen) atoms. The molecular formula is C16H24ClN3O. The fourth-order valence-electron chi connectivity index (χ4n) is 3.23. The summed E-state index contributed by atoms with van der Waals surface area (Å²) in [5, 5.41) is 3.38. The largest absolute Gasteiger partial charge is 0.349 e. The van der Waals surface area contributed by atoms with Gasteiger partial charge in [-0.15, -0.1) is 0 Å². The molecule has 2 rings (SSSR count). The van der Waals surface area contributed by atoms with Crippen LogP contribution in [0.5, 0.6) is 0 Å². The summed E-state index contributed by atoms with van der Waals surface area (Å²) < 4.78 is 0. The number of carbonyl (C=O) groups is 1. The fourth-order valence-corrected chi connectivity index (χ4v) is 3.39. The number of rotatable bonds is 4. The highest BCUT2D eigenvalue weighted by Gasteiger charge is 2.37. The van der Waals surface area contributed by atoms with Crippen molar-refractivity contribution in [2.24, 2.45) is 5.92 Å². The Bertz CT molecular complexity index is 506. The van der Waals surface area contributed by atoms with Crippen LogP contribution in [0.15, 0.2) is 18.2 Å². The maximum Gasteiger partial charge on any atom is 0.270 e. The standard InChI is InChI=1S/C16H24ClN3O/c1-12-6-5-9-16(10-12,20(2)3)11-18-15(21)13-7-4-8-14(17)19-13/h4,7-8,12H,5-6,9-11H2,1-3H3,(H,18,21). The monoisotopic (exact) mass is 309 g/mol. The van der Waals surface area contributed by atoms with Crippen molar-refractivity contribution >= 4 is 17.5 Å². The number of halogens is 1. The van der Waals surface area contributed by atoms with Gasteiger partial charge in [-0.2, -0.15) is 0 Å². The van der Waals surface area contributed by atoms with Crippen molar-refractivity contribution in [1.29, 1.82) is 0 Å². The first-order valence-electron chi connectivity index (χ1n) is 7.51. The van der Waals surface area contributed by atoms with E-state index in [1.165, 1.54) is 12.8 Å². The van der Waals surface area contributed by atoms with Crippen molar-refractivity contribution in [1.82, 2.24) is 15.2 Å². The zero-order chi connectivity index (χ0) is 15.5. The van der Waals surface area contributed by atoms with Crippen molar-refractivity contribution < 1.29 is 4.79 Å². The van der Waals surface area contributed by atoms with Crippen molar-refractivity contribution in [2.45, 2.75) is 38.1 Å². The van der Waals surface area contributed by atoms with Gasteiger partial charge in [0.1, 0.15) is 10.8 Å². The average Bonchev–Trinajstić information content (AvgIpc) is 2.44. The van der Waals surface area contributed by atoms with E-state index < -0.39 is 0 Å². The average molecular weight is 310 g/mol. The number of carbonyl (C=O) groups excluding carboxylic acids is 1. The minimum Gasteiger partial charge on any atom is -0.349 e. The summed E-state index contributed by atoms with van der Waals surface area (Å²) in [6, 6.07) is 5.10. The smallest absolute Gasteiger partial charge is 0.270 e. The topological polar surface area (TPSA) is 45.2 Å². The Hall–Kier alpha value is -1.13. The molecule has 1 heterocycles. The number of hydrogen-bond acceptors (Lipinski definition) is 3. The van der Waals surface area contributed by atoms with Crippen LogP contribution in [0.3, 0.4) is 0 Å². The summed E-state index contributed by atoms with van der Waals surface area (Å²) in [4.78, 5) is 18.6. The quantitative estimate of drug-likeness (QED) is 0.870. The summed E-state index contributed by atoms with van der Waals surface area (Å²) in [6.45, 7) is 2.94.